The number of thiazole rings is 1. The summed E-state index contributed by atoms with van der Waals surface area (Å²) in [4.78, 5) is 29.6. The highest BCUT2D eigenvalue weighted by Gasteiger charge is 2.14. The Morgan fingerprint density at radius 3 is 3.05 bits per heavy atom. The first kappa shape index (κ1) is 13.7. The third-order valence-corrected chi connectivity index (χ3v) is 3.53. The van der Waals surface area contributed by atoms with Crippen LogP contribution in [0.25, 0.3) is 4.96 Å². The topological polar surface area (TPSA) is 83.7 Å². The molecule has 0 radical (unpaired) electrons. The maximum atomic E-state index is 12.1. The number of aryl methyl sites for hydroxylation is 1. The van der Waals surface area contributed by atoms with Gasteiger partial charge >= 0.3 is 0 Å². The van der Waals surface area contributed by atoms with Crippen LogP contribution in [-0.2, 0) is 0 Å². The van der Waals surface area contributed by atoms with Gasteiger partial charge in [0.1, 0.15) is 5.56 Å². The Labute approximate surface area is 113 Å². The molecule has 6 nitrogen and oxygen atoms in total. The molecular weight excluding hydrogens is 266 g/mol. The zero-order valence-corrected chi connectivity index (χ0v) is 11.5. The van der Waals surface area contributed by atoms with Crippen molar-refractivity contribution in [3.63, 3.8) is 0 Å². The molecule has 2 aromatic heterocycles. The van der Waals surface area contributed by atoms with E-state index in [1.807, 2.05) is 6.92 Å². The largest absolute Gasteiger partial charge is 0.393 e. The van der Waals surface area contributed by atoms with Crippen molar-refractivity contribution >= 4 is 22.2 Å². The Balaban J connectivity index is 2.22. The number of rotatable bonds is 4. The minimum absolute atomic E-state index is 0.0147. The third kappa shape index (κ3) is 2.99. The van der Waals surface area contributed by atoms with E-state index in [2.05, 4.69) is 10.3 Å². The highest BCUT2D eigenvalue weighted by Crippen LogP contribution is 2.12. The smallest absolute Gasteiger partial charge is 0.271 e. The second-order valence-corrected chi connectivity index (χ2v) is 5.58. The Bertz CT molecular complexity index is 660. The van der Waals surface area contributed by atoms with Gasteiger partial charge in [-0.3, -0.25) is 14.0 Å². The van der Waals surface area contributed by atoms with Gasteiger partial charge in [0.05, 0.1) is 6.10 Å². The highest BCUT2D eigenvalue weighted by molar-refractivity contribution is 7.16. The van der Waals surface area contributed by atoms with Crippen molar-refractivity contribution in [2.75, 3.05) is 6.54 Å². The summed E-state index contributed by atoms with van der Waals surface area (Å²) in [5.41, 5.74) is -0.357. The molecule has 2 aromatic rings. The Morgan fingerprint density at radius 1 is 1.63 bits per heavy atom. The lowest BCUT2D eigenvalue weighted by Crippen LogP contribution is -2.32. The summed E-state index contributed by atoms with van der Waals surface area (Å²) in [7, 11) is 0. The molecule has 0 fully saturated rings. The molecule has 7 heteroatoms. The second-order valence-electron chi connectivity index (χ2n) is 4.37. The Hall–Kier alpha value is -1.73. The summed E-state index contributed by atoms with van der Waals surface area (Å²) in [5, 5.41) is 11.7. The second kappa shape index (κ2) is 5.50. The van der Waals surface area contributed by atoms with E-state index in [4.69, 9.17) is 5.11 Å². The summed E-state index contributed by atoms with van der Waals surface area (Å²) in [6.45, 7) is 3.84. The third-order valence-electron chi connectivity index (χ3n) is 2.61. The average Bonchev–Trinajstić information content (AvgIpc) is 2.70. The SMILES string of the molecule is Cc1cn2c(=O)c(C(=O)NCCC(C)O)cnc2s1. The van der Waals surface area contributed by atoms with E-state index < -0.39 is 12.0 Å². The first-order chi connectivity index (χ1) is 8.99. The maximum Gasteiger partial charge on any atom is 0.271 e. The summed E-state index contributed by atoms with van der Waals surface area (Å²) < 4.78 is 1.38. The minimum Gasteiger partial charge on any atom is -0.393 e. The van der Waals surface area contributed by atoms with Crippen molar-refractivity contribution in [3.05, 3.63) is 33.2 Å². The van der Waals surface area contributed by atoms with Gasteiger partial charge in [-0.2, -0.15) is 0 Å². The molecule has 0 aliphatic rings. The molecule has 0 saturated carbocycles. The van der Waals surface area contributed by atoms with Gasteiger partial charge in [0.15, 0.2) is 4.96 Å². The number of amides is 1. The highest BCUT2D eigenvalue weighted by atomic mass is 32.1. The van der Waals surface area contributed by atoms with E-state index in [-0.39, 0.29) is 11.1 Å². The molecule has 2 heterocycles. The van der Waals surface area contributed by atoms with E-state index in [0.717, 1.165) is 4.88 Å². The molecule has 19 heavy (non-hydrogen) atoms. The number of nitrogens with one attached hydrogen (secondary N) is 1. The normalized spacial score (nSPS) is 12.6. The number of aromatic nitrogens is 2. The number of carbonyl (C=O) groups excluding carboxylic acids is 1. The van der Waals surface area contributed by atoms with Crippen LogP contribution >= 0.6 is 11.3 Å². The van der Waals surface area contributed by atoms with E-state index >= 15 is 0 Å². The van der Waals surface area contributed by atoms with E-state index in [1.165, 1.54) is 21.9 Å². The average molecular weight is 281 g/mol. The van der Waals surface area contributed by atoms with E-state index in [9.17, 15) is 9.59 Å². The fourth-order valence-electron chi connectivity index (χ4n) is 1.64. The standard InChI is InChI=1S/C12H15N3O3S/c1-7(16)3-4-13-10(17)9-5-14-12-15(11(9)18)6-8(2)19-12/h5-7,16H,3-4H2,1-2H3,(H,13,17). The molecule has 0 bridgehead atoms. The molecule has 1 unspecified atom stereocenters. The van der Waals surface area contributed by atoms with Crippen LogP contribution < -0.4 is 10.9 Å². The van der Waals surface area contributed by atoms with E-state index in [1.54, 1.807) is 13.1 Å². The molecule has 0 aromatic carbocycles. The predicted molar refractivity (Wildman–Crippen MR) is 72.7 cm³/mol. The number of aliphatic hydroxyl groups excluding tert-OH is 1. The van der Waals surface area contributed by atoms with E-state index in [0.29, 0.717) is 17.9 Å². The van der Waals surface area contributed by atoms with Crippen molar-refractivity contribution in [1.29, 1.82) is 0 Å². The van der Waals surface area contributed by atoms with Gasteiger partial charge in [-0.25, -0.2) is 4.98 Å². The molecule has 2 rings (SSSR count). The number of aliphatic hydroxyl groups is 1. The van der Waals surface area contributed by atoms with Crippen LogP contribution in [0.5, 0.6) is 0 Å². The molecule has 0 aliphatic heterocycles. The summed E-state index contributed by atoms with van der Waals surface area (Å²) in [6, 6.07) is 0. The lowest BCUT2D eigenvalue weighted by Gasteiger charge is -2.06. The van der Waals surface area contributed by atoms with Gasteiger partial charge in [0.25, 0.3) is 11.5 Å². The van der Waals surface area contributed by atoms with Crippen molar-refractivity contribution in [1.82, 2.24) is 14.7 Å². The van der Waals surface area contributed by atoms with Gasteiger partial charge in [-0.05, 0) is 20.3 Å². The van der Waals surface area contributed by atoms with Crippen LogP contribution in [0.4, 0.5) is 0 Å². The van der Waals surface area contributed by atoms with Crippen molar-refractivity contribution in [3.8, 4) is 0 Å². The van der Waals surface area contributed by atoms with Crippen molar-refractivity contribution in [2.24, 2.45) is 0 Å². The van der Waals surface area contributed by atoms with Crippen LogP contribution in [0.3, 0.4) is 0 Å². The molecule has 2 N–H and O–H groups in total. The van der Waals surface area contributed by atoms with Crippen molar-refractivity contribution in [2.45, 2.75) is 26.4 Å². The first-order valence-electron chi connectivity index (χ1n) is 5.93. The van der Waals surface area contributed by atoms with Crippen LogP contribution in [0, 0.1) is 6.92 Å². The Morgan fingerprint density at radius 2 is 2.37 bits per heavy atom. The molecule has 0 saturated heterocycles. The number of carbonyl (C=O) groups is 1. The molecule has 1 amide bonds. The lowest BCUT2D eigenvalue weighted by molar-refractivity contribution is 0.0943. The zero-order valence-electron chi connectivity index (χ0n) is 10.7. The Kier molecular flexibility index (Phi) is 3.96. The summed E-state index contributed by atoms with van der Waals surface area (Å²) in [5.74, 6) is -0.462. The molecule has 0 aliphatic carbocycles. The van der Waals surface area contributed by atoms with Gasteiger partial charge in [0, 0.05) is 23.8 Å². The predicted octanol–water partition coefficient (Wildman–Crippen LogP) is 0.565. The fourth-order valence-corrected chi connectivity index (χ4v) is 2.43. The fraction of sp³-hybridized carbons (Fsp3) is 0.417. The van der Waals surface area contributed by atoms with Crippen LogP contribution in [0.2, 0.25) is 0 Å². The monoisotopic (exact) mass is 281 g/mol. The first-order valence-corrected chi connectivity index (χ1v) is 6.74. The van der Waals surface area contributed by atoms with Gasteiger partial charge in [-0.15, -0.1) is 11.3 Å². The van der Waals surface area contributed by atoms with Crippen LogP contribution in [-0.4, -0.2) is 33.0 Å². The molecule has 102 valence electrons. The van der Waals surface area contributed by atoms with Crippen LogP contribution in [0.15, 0.2) is 17.2 Å². The number of hydrogen-bond donors (Lipinski definition) is 2. The lowest BCUT2D eigenvalue weighted by atomic mass is 10.2. The number of nitrogens with zero attached hydrogens (tertiary/aromatic N) is 2. The molecule has 1 atom stereocenters. The summed E-state index contributed by atoms with van der Waals surface area (Å²) >= 11 is 1.40. The van der Waals surface area contributed by atoms with Crippen LogP contribution in [0.1, 0.15) is 28.6 Å². The number of fused-ring (bicyclic) bond motifs is 1. The number of hydrogen-bond acceptors (Lipinski definition) is 5. The summed E-state index contributed by atoms with van der Waals surface area (Å²) in [6.07, 6.45) is 2.93. The van der Waals surface area contributed by atoms with Gasteiger partial charge < -0.3 is 10.4 Å². The van der Waals surface area contributed by atoms with Gasteiger partial charge in [0.2, 0.25) is 0 Å². The quantitative estimate of drug-likeness (QED) is 0.858. The zero-order chi connectivity index (χ0) is 14.0. The molecular formula is C12H15N3O3S. The van der Waals surface area contributed by atoms with Gasteiger partial charge in [-0.1, -0.05) is 0 Å². The molecule has 0 spiro atoms. The maximum absolute atomic E-state index is 12.1. The van der Waals surface area contributed by atoms with Crippen molar-refractivity contribution < 1.29 is 9.90 Å². The minimum atomic E-state index is -0.485.